The van der Waals surface area contributed by atoms with Crippen LogP contribution in [0, 0.1) is 0 Å². The zero-order valence-electron chi connectivity index (χ0n) is 20.0. The number of amides is 1. The van der Waals surface area contributed by atoms with Crippen LogP contribution in [0.3, 0.4) is 0 Å². The van der Waals surface area contributed by atoms with E-state index in [-0.39, 0.29) is 17.4 Å². The van der Waals surface area contributed by atoms with Gasteiger partial charge >= 0.3 is 0 Å². The third kappa shape index (κ3) is 6.26. The molecule has 0 aliphatic carbocycles. The number of anilines is 2. The van der Waals surface area contributed by atoms with Gasteiger partial charge in [0.1, 0.15) is 0 Å². The van der Waals surface area contributed by atoms with E-state index in [1.54, 1.807) is 68.8 Å². The van der Waals surface area contributed by atoms with E-state index in [9.17, 15) is 9.90 Å². The van der Waals surface area contributed by atoms with Gasteiger partial charge in [0, 0.05) is 11.8 Å². The highest BCUT2D eigenvalue weighted by Crippen LogP contribution is 2.39. The lowest BCUT2D eigenvalue weighted by Crippen LogP contribution is -2.09. The van der Waals surface area contributed by atoms with Crippen molar-refractivity contribution in [1.82, 2.24) is 0 Å². The molecule has 35 heavy (non-hydrogen) atoms. The number of methoxy groups -OCH3 is 4. The van der Waals surface area contributed by atoms with E-state index in [1.165, 1.54) is 26.4 Å². The molecule has 4 N–H and O–H groups in total. The molecule has 0 fully saturated rings. The maximum atomic E-state index is 12.5. The van der Waals surface area contributed by atoms with Gasteiger partial charge in [0.2, 0.25) is 11.7 Å². The molecule has 1 amide bonds. The van der Waals surface area contributed by atoms with Crippen molar-refractivity contribution in [2.24, 2.45) is 0 Å². The molecule has 0 aliphatic rings. The lowest BCUT2D eigenvalue weighted by Gasteiger charge is -2.13. The summed E-state index contributed by atoms with van der Waals surface area (Å²) in [5.41, 5.74) is 8.89. The highest BCUT2D eigenvalue weighted by molar-refractivity contribution is 6.03. The van der Waals surface area contributed by atoms with Crippen molar-refractivity contribution in [2.75, 3.05) is 39.5 Å². The fraction of sp³-hybridized carbons (Fsp3) is 0.148. The van der Waals surface area contributed by atoms with E-state index in [2.05, 4.69) is 5.32 Å². The number of nitrogens with one attached hydrogen (secondary N) is 1. The van der Waals surface area contributed by atoms with Crippen LogP contribution in [0.2, 0.25) is 0 Å². The first-order chi connectivity index (χ1) is 16.9. The number of ether oxygens (including phenoxy) is 4. The number of benzene rings is 3. The fourth-order valence-corrected chi connectivity index (χ4v) is 3.38. The van der Waals surface area contributed by atoms with Crippen molar-refractivity contribution < 1.29 is 28.8 Å². The molecule has 0 saturated heterocycles. The number of phenols is 1. The summed E-state index contributed by atoms with van der Waals surface area (Å²) >= 11 is 0. The summed E-state index contributed by atoms with van der Waals surface area (Å²) in [5.74, 6) is 1.19. The number of carbonyl (C=O) groups excluding carboxylic acids is 1. The minimum Gasteiger partial charge on any atom is -0.504 e. The van der Waals surface area contributed by atoms with Crippen LogP contribution in [0.15, 0.2) is 54.6 Å². The molecule has 0 spiro atoms. The predicted octanol–water partition coefficient (Wildman–Crippen LogP) is 4.83. The van der Waals surface area contributed by atoms with Gasteiger partial charge in [-0.1, -0.05) is 24.3 Å². The predicted molar refractivity (Wildman–Crippen MR) is 138 cm³/mol. The minimum absolute atomic E-state index is 0.114. The summed E-state index contributed by atoms with van der Waals surface area (Å²) in [6.45, 7) is 0. The first-order valence-corrected chi connectivity index (χ1v) is 10.6. The average molecular weight is 477 g/mol. The first-order valence-electron chi connectivity index (χ1n) is 10.6. The number of carbonyl (C=O) groups is 1. The molecule has 0 atom stereocenters. The molecule has 0 unspecified atom stereocenters. The Labute approximate surface area is 204 Å². The standard InChI is InChI=1S/C27H28N2O6/c1-32-23-15-19(16-24(33-2)27(23)35-4)6-5-18-13-21(26(34-3)22(30)14-18)29-25(31)12-9-17-7-10-20(28)11-8-17/h5-16,30H,28H2,1-4H3,(H,29,31)/b6-5+,12-9+. The molecule has 0 bridgehead atoms. The number of phenolic OH excluding ortho intramolecular Hbond substituents is 1. The number of rotatable bonds is 9. The number of aromatic hydroxyl groups is 1. The van der Waals surface area contributed by atoms with E-state index in [1.807, 2.05) is 6.08 Å². The second-order valence-electron chi connectivity index (χ2n) is 7.40. The van der Waals surface area contributed by atoms with Gasteiger partial charge in [-0.25, -0.2) is 0 Å². The molecule has 0 saturated carbocycles. The molecule has 0 aromatic heterocycles. The number of hydrogen-bond donors (Lipinski definition) is 3. The van der Waals surface area contributed by atoms with Crippen molar-refractivity contribution in [3.05, 3.63) is 71.3 Å². The van der Waals surface area contributed by atoms with Crippen LogP contribution in [0.5, 0.6) is 28.7 Å². The quantitative estimate of drug-likeness (QED) is 0.230. The Balaban J connectivity index is 1.86. The summed E-state index contributed by atoms with van der Waals surface area (Å²) in [5, 5.41) is 13.2. The van der Waals surface area contributed by atoms with Crippen molar-refractivity contribution in [3.63, 3.8) is 0 Å². The molecular formula is C27H28N2O6. The smallest absolute Gasteiger partial charge is 0.248 e. The van der Waals surface area contributed by atoms with Gasteiger partial charge in [-0.05, 0) is 59.2 Å². The second-order valence-corrected chi connectivity index (χ2v) is 7.40. The zero-order valence-corrected chi connectivity index (χ0v) is 20.0. The lowest BCUT2D eigenvalue weighted by molar-refractivity contribution is -0.111. The summed E-state index contributed by atoms with van der Waals surface area (Å²) < 4.78 is 21.4. The van der Waals surface area contributed by atoms with Gasteiger partial charge in [0.25, 0.3) is 0 Å². The average Bonchev–Trinajstić information content (AvgIpc) is 2.86. The third-order valence-corrected chi connectivity index (χ3v) is 5.07. The van der Waals surface area contributed by atoms with E-state index < -0.39 is 0 Å². The van der Waals surface area contributed by atoms with Crippen LogP contribution in [-0.2, 0) is 4.79 Å². The molecule has 0 aliphatic heterocycles. The topological polar surface area (TPSA) is 112 Å². The highest BCUT2D eigenvalue weighted by Gasteiger charge is 2.14. The molecule has 3 aromatic rings. The van der Waals surface area contributed by atoms with Gasteiger partial charge in [0.05, 0.1) is 34.1 Å². The largest absolute Gasteiger partial charge is 0.504 e. The van der Waals surface area contributed by atoms with Crippen LogP contribution >= 0.6 is 0 Å². The van der Waals surface area contributed by atoms with E-state index in [0.29, 0.717) is 34.2 Å². The van der Waals surface area contributed by atoms with Crippen LogP contribution in [0.1, 0.15) is 16.7 Å². The van der Waals surface area contributed by atoms with Crippen molar-refractivity contribution in [2.45, 2.75) is 0 Å². The summed E-state index contributed by atoms with van der Waals surface area (Å²) in [4.78, 5) is 12.5. The Bertz CT molecular complexity index is 1220. The zero-order chi connectivity index (χ0) is 25.4. The summed E-state index contributed by atoms with van der Waals surface area (Å²) in [6.07, 6.45) is 6.65. The summed E-state index contributed by atoms with van der Waals surface area (Å²) in [6, 6.07) is 13.9. The van der Waals surface area contributed by atoms with Gasteiger partial charge in [-0.2, -0.15) is 0 Å². The third-order valence-electron chi connectivity index (χ3n) is 5.07. The summed E-state index contributed by atoms with van der Waals surface area (Å²) in [7, 11) is 6.04. The second kappa shape index (κ2) is 11.5. The number of nitrogen functional groups attached to an aromatic ring is 1. The molecule has 0 radical (unpaired) electrons. The molecule has 3 aromatic carbocycles. The van der Waals surface area contributed by atoms with Gasteiger partial charge < -0.3 is 35.1 Å². The van der Waals surface area contributed by atoms with Gasteiger partial charge in [0.15, 0.2) is 23.0 Å². The molecule has 8 heteroatoms. The Morgan fingerprint density at radius 1 is 0.771 bits per heavy atom. The Morgan fingerprint density at radius 3 is 1.89 bits per heavy atom. The van der Waals surface area contributed by atoms with Crippen molar-refractivity contribution >= 4 is 35.5 Å². The molecule has 8 nitrogen and oxygen atoms in total. The first kappa shape index (κ1) is 25.0. The Hall–Kier alpha value is -4.59. The van der Waals surface area contributed by atoms with Crippen LogP contribution < -0.4 is 30.0 Å². The maximum Gasteiger partial charge on any atom is 0.248 e. The Morgan fingerprint density at radius 2 is 1.34 bits per heavy atom. The molecule has 182 valence electrons. The normalized spacial score (nSPS) is 11.0. The van der Waals surface area contributed by atoms with Crippen LogP contribution in [0.4, 0.5) is 11.4 Å². The van der Waals surface area contributed by atoms with Gasteiger partial charge in [-0.15, -0.1) is 0 Å². The highest BCUT2D eigenvalue weighted by atomic mass is 16.5. The maximum absolute atomic E-state index is 12.5. The van der Waals surface area contributed by atoms with E-state index in [4.69, 9.17) is 24.7 Å². The molecular weight excluding hydrogens is 448 g/mol. The number of hydrogen-bond acceptors (Lipinski definition) is 7. The number of nitrogens with two attached hydrogens (primary N) is 1. The van der Waals surface area contributed by atoms with Crippen LogP contribution in [0.25, 0.3) is 18.2 Å². The minimum atomic E-state index is -0.384. The monoisotopic (exact) mass is 476 g/mol. The van der Waals surface area contributed by atoms with Crippen molar-refractivity contribution in [3.8, 4) is 28.7 Å². The van der Waals surface area contributed by atoms with E-state index in [0.717, 1.165) is 11.1 Å². The lowest BCUT2D eigenvalue weighted by atomic mass is 10.1. The molecule has 0 heterocycles. The Kier molecular flexibility index (Phi) is 8.24. The van der Waals surface area contributed by atoms with Gasteiger partial charge in [-0.3, -0.25) is 4.79 Å². The fourth-order valence-electron chi connectivity index (χ4n) is 3.38. The van der Waals surface area contributed by atoms with Crippen molar-refractivity contribution in [1.29, 1.82) is 0 Å². The van der Waals surface area contributed by atoms with E-state index >= 15 is 0 Å². The SMILES string of the molecule is COc1cc(/C=C/c2cc(O)c(OC)c(NC(=O)/C=C/c3ccc(N)cc3)c2)cc(OC)c1OC. The van der Waals surface area contributed by atoms with Crippen LogP contribution in [-0.4, -0.2) is 39.5 Å². The molecule has 3 rings (SSSR count).